The van der Waals surface area contributed by atoms with Crippen molar-refractivity contribution in [2.45, 2.75) is 19.5 Å². The van der Waals surface area contributed by atoms with E-state index < -0.39 is 12.0 Å². The van der Waals surface area contributed by atoms with Crippen LogP contribution in [0.15, 0.2) is 34.9 Å². The van der Waals surface area contributed by atoms with Crippen LogP contribution in [0.25, 0.3) is 11.5 Å². The second-order valence-corrected chi connectivity index (χ2v) is 4.53. The lowest BCUT2D eigenvalue weighted by Crippen LogP contribution is -2.33. The molecular weight excluding hydrogens is 268 g/mol. The number of nitrogens with zero attached hydrogens (tertiary/aromatic N) is 1. The summed E-state index contributed by atoms with van der Waals surface area (Å²) in [5.41, 5.74) is 1.42. The number of carbonyl (C=O) groups is 1. The normalized spacial score (nSPS) is 12.3. The van der Waals surface area contributed by atoms with Crippen LogP contribution in [0.5, 0.6) is 0 Å². The summed E-state index contributed by atoms with van der Waals surface area (Å²) in [6.45, 7) is 1.90. The number of aliphatic carboxylic acids is 1. The maximum absolute atomic E-state index is 10.7. The Labute approximate surface area is 115 Å². The molecule has 19 heavy (non-hydrogen) atoms. The number of carboxylic acid groups (broad SMARTS) is 1. The fraction of sp³-hybridized carbons (Fsp3) is 0.231. The van der Waals surface area contributed by atoms with E-state index >= 15 is 0 Å². The molecule has 0 amide bonds. The molecule has 2 aromatic rings. The summed E-state index contributed by atoms with van der Waals surface area (Å²) >= 11 is 5.89. The van der Waals surface area contributed by atoms with Crippen molar-refractivity contribution in [2.24, 2.45) is 0 Å². The van der Waals surface area contributed by atoms with Crippen LogP contribution < -0.4 is 5.32 Å². The predicted molar refractivity (Wildman–Crippen MR) is 70.9 cm³/mol. The summed E-state index contributed by atoms with van der Waals surface area (Å²) in [7, 11) is 0. The topological polar surface area (TPSA) is 75.4 Å². The van der Waals surface area contributed by atoms with Gasteiger partial charge in [-0.15, -0.1) is 0 Å². The van der Waals surface area contributed by atoms with Gasteiger partial charge in [0.15, 0.2) is 0 Å². The maximum atomic E-state index is 10.7. The van der Waals surface area contributed by atoms with Crippen LogP contribution >= 0.6 is 11.6 Å². The summed E-state index contributed by atoms with van der Waals surface area (Å²) in [6.07, 6.45) is 1.50. The fourth-order valence-corrected chi connectivity index (χ4v) is 1.68. The molecule has 2 rings (SSSR count). The predicted octanol–water partition coefficient (Wildman–Crippen LogP) is 2.56. The quantitative estimate of drug-likeness (QED) is 0.880. The average molecular weight is 281 g/mol. The summed E-state index contributed by atoms with van der Waals surface area (Å²) in [5.74, 6) is -0.444. The Hall–Kier alpha value is -1.85. The van der Waals surface area contributed by atoms with Crippen molar-refractivity contribution >= 4 is 17.6 Å². The summed E-state index contributed by atoms with van der Waals surface area (Å²) in [5, 5.41) is 12.2. The van der Waals surface area contributed by atoms with Gasteiger partial charge in [-0.1, -0.05) is 17.7 Å². The van der Waals surface area contributed by atoms with Crippen molar-refractivity contribution in [3.63, 3.8) is 0 Å². The third-order valence-corrected chi connectivity index (χ3v) is 2.82. The van der Waals surface area contributed by atoms with Crippen LogP contribution in [-0.2, 0) is 11.3 Å². The highest BCUT2D eigenvalue weighted by atomic mass is 35.5. The van der Waals surface area contributed by atoms with Gasteiger partial charge >= 0.3 is 5.97 Å². The van der Waals surface area contributed by atoms with E-state index in [1.54, 1.807) is 19.1 Å². The molecule has 1 aromatic carbocycles. The fourth-order valence-electron chi connectivity index (χ4n) is 1.49. The Balaban J connectivity index is 2.05. The van der Waals surface area contributed by atoms with Gasteiger partial charge in [-0.2, -0.15) is 0 Å². The van der Waals surface area contributed by atoms with E-state index in [1.165, 1.54) is 6.26 Å². The molecular formula is C13H13ClN2O3. The second-order valence-electron chi connectivity index (χ2n) is 4.10. The van der Waals surface area contributed by atoms with Crippen LogP contribution in [0.3, 0.4) is 0 Å². The van der Waals surface area contributed by atoms with Gasteiger partial charge in [-0.05, 0) is 25.1 Å². The first kappa shape index (κ1) is 13.6. The van der Waals surface area contributed by atoms with Gasteiger partial charge < -0.3 is 9.52 Å². The summed E-state index contributed by atoms with van der Waals surface area (Å²) < 4.78 is 5.34. The number of nitrogens with one attached hydrogen (secondary N) is 1. The van der Waals surface area contributed by atoms with Crippen molar-refractivity contribution in [1.29, 1.82) is 0 Å². The highest BCUT2D eigenvalue weighted by molar-refractivity contribution is 6.30. The molecule has 0 spiro atoms. The van der Waals surface area contributed by atoms with Crippen molar-refractivity contribution in [2.75, 3.05) is 0 Å². The smallest absolute Gasteiger partial charge is 0.320 e. The second kappa shape index (κ2) is 5.86. The van der Waals surface area contributed by atoms with E-state index in [1.807, 2.05) is 12.1 Å². The molecule has 2 N–H and O–H groups in total. The van der Waals surface area contributed by atoms with Gasteiger partial charge in [0.1, 0.15) is 12.3 Å². The van der Waals surface area contributed by atoms with E-state index in [4.69, 9.17) is 21.1 Å². The van der Waals surface area contributed by atoms with E-state index in [9.17, 15) is 4.79 Å². The third kappa shape index (κ3) is 3.56. The van der Waals surface area contributed by atoms with Gasteiger partial charge in [0, 0.05) is 17.1 Å². The Morgan fingerprint density at radius 3 is 3.05 bits per heavy atom. The first-order valence-electron chi connectivity index (χ1n) is 5.73. The minimum absolute atomic E-state index is 0.331. The molecule has 0 bridgehead atoms. The molecule has 0 radical (unpaired) electrons. The van der Waals surface area contributed by atoms with Crippen LogP contribution in [0, 0.1) is 0 Å². The monoisotopic (exact) mass is 280 g/mol. The molecule has 1 aromatic heterocycles. The number of hydrogen-bond acceptors (Lipinski definition) is 4. The lowest BCUT2D eigenvalue weighted by molar-refractivity contribution is -0.139. The minimum Gasteiger partial charge on any atom is -0.480 e. The average Bonchev–Trinajstić information content (AvgIpc) is 2.84. The largest absolute Gasteiger partial charge is 0.480 e. The van der Waals surface area contributed by atoms with E-state index in [-0.39, 0.29) is 0 Å². The summed E-state index contributed by atoms with van der Waals surface area (Å²) in [6, 6.07) is 6.54. The van der Waals surface area contributed by atoms with Crippen molar-refractivity contribution in [3.05, 3.63) is 41.2 Å². The Kier molecular flexibility index (Phi) is 4.19. The van der Waals surface area contributed by atoms with Crippen molar-refractivity contribution in [3.8, 4) is 11.5 Å². The molecule has 1 atom stereocenters. The zero-order valence-corrected chi connectivity index (χ0v) is 11.0. The van der Waals surface area contributed by atoms with Gasteiger partial charge in [0.25, 0.3) is 0 Å². The Morgan fingerprint density at radius 2 is 2.37 bits per heavy atom. The van der Waals surface area contributed by atoms with Gasteiger partial charge in [0.2, 0.25) is 5.89 Å². The Morgan fingerprint density at radius 1 is 1.58 bits per heavy atom. The molecule has 100 valence electrons. The summed E-state index contributed by atoms with van der Waals surface area (Å²) in [4.78, 5) is 14.9. The number of oxazole rings is 1. The number of halogens is 1. The lowest BCUT2D eigenvalue weighted by Gasteiger charge is -2.05. The van der Waals surface area contributed by atoms with E-state index in [0.717, 1.165) is 5.56 Å². The number of aromatic nitrogens is 1. The van der Waals surface area contributed by atoms with Crippen molar-refractivity contribution in [1.82, 2.24) is 10.3 Å². The third-order valence-electron chi connectivity index (χ3n) is 2.58. The molecule has 1 unspecified atom stereocenters. The van der Waals surface area contributed by atoms with Crippen LogP contribution in [0.4, 0.5) is 0 Å². The van der Waals surface area contributed by atoms with Gasteiger partial charge in [-0.3, -0.25) is 10.1 Å². The molecule has 5 nitrogen and oxygen atoms in total. The number of hydrogen-bond donors (Lipinski definition) is 2. The highest BCUT2D eigenvalue weighted by Crippen LogP contribution is 2.21. The number of benzene rings is 1. The van der Waals surface area contributed by atoms with Crippen LogP contribution in [0.1, 0.15) is 12.6 Å². The minimum atomic E-state index is -0.904. The maximum Gasteiger partial charge on any atom is 0.320 e. The first-order valence-corrected chi connectivity index (χ1v) is 6.10. The molecule has 0 aliphatic heterocycles. The molecule has 0 saturated carbocycles. The molecule has 0 fully saturated rings. The van der Waals surface area contributed by atoms with Crippen LogP contribution in [0.2, 0.25) is 5.02 Å². The molecule has 1 heterocycles. The zero-order chi connectivity index (χ0) is 13.8. The molecule has 6 heteroatoms. The number of carboxylic acids is 1. The zero-order valence-electron chi connectivity index (χ0n) is 10.3. The SMILES string of the molecule is CC(NCc1coc(-c2cccc(Cl)c2)n1)C(=O)O. The van der Waals surface area contributed by atoms with Crippen molar-refractivity contribution < 1.29 is 14.3 Å². The molecule has 0 aliphatic rings. The van der Waals surface area contributed by atoms with Crippen LogP contribution in [-0.4, -0.2) is 22.1 Å². The van der Waals surface area contributed by atoms with E-state index in [2.05, 4.69) is 10.3 Å². The molecule has 0 saturated heterocycles. The molecule has 0 aliphatic carbocycles. The Bertz CT molecular complexity index is 583. The lowest BCUT2D eigenvalue weighted by atomic mass is 10.2. The highest BCUT2D eigenvalue weighted by Gasteiger charge is 2.12. The standard InChI is InChI=1S/C13H13ClN2O3/c1-8(13(17)18)15-6-11-7-19-12(16-11)9-3-2-4-10(14)5-9/h2-5,7-8,15H,6H2,1H3,(H,17,18). The van der Waals surface area contributed by atoms with Gasteiger partial charge in [-0.25, -0.2) is 4.98 Å². The van der Waals surface area contributed by atoms with Gasteiger partial charge in [0.05, 0.1) is 5.69 Å². The first-order chi connectivity index (χ1) is 9.06. The number of rotatable bonds is 5. The van der Waals surface area contributed by atoms with E-state index in [0.29, 0.717) is 23.2 Å².